The lowest BCUT2D eigenvalue weighted by molar-refractivity contribution is 0.108. The number of carboxylic acid groups (broad SMARTS) is 1. The third-order valence-electron chi connectivity index (χ3n) is 5.16. The van der Waals surface area contributed by atoms with Crippen LogP contribution in [0.5, 0.6) is 5.75 Å². The Morgan fingerprint density at radius 3 is 2.41 bits per heavy atom. The number of carbonyl (C=O) groups is 1. The Morgan fingerprint density at radius 1 is 1.10 bits per heavy atom. The Balaban J connectivity index is 2.04. The van der Waals surface area contributed by atoms with Crippen LogP contribution in [0.25, 0.3) is 0 Å². The van der Waals surface area contributed by atoms with Gasteiger partial charge in [-0.1, -0.05) is 56.3 Å². The van der Waals surface area contributed by atoms with Crippen molar-refractivity contribution in [3.8, 4) is 5.75 Å². The van der Waals surface area contributed by atoms with Crippen molar-refractivity contribution in [2.45, 2.75) is 45.4 Å². The van der Waals surface area contributed by atoms with Crippen LogP contribution in [-0.2, 0) is 13.0 Å². The van der Waals surface area contributed by atoms with Crippen LogP contribution in [0, 0.1) is 11.8 Å². The van der Waals surface area contributed by atoms with Gasteiger partial charge in [-0.15, -0.1) is 0 Å². The highest BCUT2D eigenvalue weighted by atomic mass is 16.5. The molecule has 0 radical (unpaired) electrons. The number of nitrogens with two attached hydrogens (primary N) is 1. The van der Waals surface area contributed by atoms with Gasteiger partial charge in [0.25, 0.3) is 0 Å². The fraction of sp³-hybridized carbons (Fsp3) is 0.435. The average Bonchev–Trinajstić information content (AvgIpc) is 2.71. The molecule has 0 saturated heterocycles. The molecule has 0 fully saturated rings. The van der Waals surface area contributed by atoms with E-state index < -0.39 is 18.2 Å². The number of hydrogen-bond donors (Lipinski definition) is 4. The molecule has 158 valence electrons. The minimum absolute atomic E-state index is 0.0125. The number of hydrogen-bond acceptors (Lipinski definition) is 4. The van der Waals surface area contributed by atoms with Crippen molar-refractivity contribution in [3.05, 3.63) is 65.7 Å². The van der Waals surface area contributed by atoms with Crippen LogP contribution >= 0.6 is 0 Å². The molecular weight excluding hydrogens is 368 g/mol. The van der Waals surface area contributed by atoms with E-state index in [-0.39, 0.29) is 12.5 Å². The molecule has 6 heteroatoms. The summed E-state index contributed by atoms with van der Waals surface area (Å²) in [4.78, 5) is 11.1. The van der Waals surface area contributed by atoms with Gasteiger partial charge in [-0.25, -0.2) is 4.79 Å². The lowest BCUT2D eigenvalue weighted by Crippen LogP contribution is -2.47. The molecule has 29 heavy (non-hydrogen) atoms. The predicted molar refractivity (Wildman–Crippen MR) is 114 cm³/mol. The van der Waals surface area contributed by atoms with E-state index in [2.05, 4.69) is 19.2 Å². The van der Waals surface area contributed by atoms with Gasteiger partial charge in [0.2, 0.25) is 0 Å². The number of amides is 1. The summed E-state index contributed by atoms with van der Waals surface area (Å²) in [5.41, 5.74) is 7.78. The standard InChI is InChI=1S/C23H32N2O4/c1-16(2)19(13-21(22(26)14-24)25-23(27)28)11-18-9-6-10-20(12-18)29-15-17-7-4-3-5-8-17/h3-10,12,16,19,21-22,25-26H,11,13-15,24H2,1-2H3,(H,27,28)/t19-,21+,22-/m1/s1. The Morgan fingerprint density at radius 2 is 1.79 bits per heavy atom. The van der Waals surface area contributed by atoms with Crippen LogP contribution in [0.3, 0.4) is 0 Å². The van der Waals surface area contributed by atoms with E-state index in [0.29, 0.717) is 18.9 Å². The second-order valence-electron chi connectivity index (χ2n) is 7.72. The number of benzene rings is 2. The molecule has 0 aromatic heterocycles. The van der Waals surface area contributed by atoms with Crippen molar-refractivity contribution < 1.29 is 19.7 Å². The van der Waals surface area contributed by atoms with Gasteiger partial charge in [0, 0.05) is 6.54 Å². The summed E-state index contributed by atoms with van der Waals surface area (Å²) < 4.78 is 5.92. The predicted octanol–water partition coefficient (Wildman–Crippen LogP) is 3.43. The quantitative estimate of drug-likeness (QED) is 0.463. The van der Waals surface area contributed by atoms with Crippen molar-refractivity contribution in [2.24, 2.45) is 17.6 Å². The molecule has 0 aliphatic carbocycles. The highest BCUT2D eigenvalue weighted by molar-refractivity contribution is 5.64. The molecule has 0 heterocycles. The Hall–Kier alpha value is -2.57. The van der Waals surface area contributed by atoms with Gasteiger partial charge in [0.05, 0.1) is 12.1 Å². The molecule has 5 N–H and O–H groups in total. The van der Waals surface area contributed by atoms with Crippen molar-refractivity contribution >= 4 is 6.09 Å². The minimum atomic E-state index is -1.15. The van der Waals surface area contributed by atoms with E-state index in [9.17, 15) is 9.90 Å². The third-order valence-corrected chi connectivity index (χ3v) is 5.16. The molecule has 2 aromatic rings. The first-order valence-electron chi connectivity index (χ1n) is 10.0. The van der Waals surface area contributed by atoms with E-state index >= 15 is 0 Å². The molecule has 6 nitrogen and oxygen atoms in total. The largest absolute Gasteiger partial charge is 0.489 e. The lowest BCUT2D eigenvalue weighted by Gasteiger charge is -2.29. The zero-order valence-electron chi connectivity index (χ0n) is 17.1. The molecule has 2 rings (SSSR count). The Kier molecular flexibility index (Phi) is 8.96. The zero-order valence-corrected chi connectivity index (χ0v) is 17.1. The van der Waals surface area contributed by atoms with Gasteiger partial charge < -0.3 is 26.0 Å². The van der Waals surface area contributed by atoms with E-state index in [1.807, 2.05) is 54.6 Å². The fourth-order valence-corrected chi connectivity index (χ4v) is 3.36. The maximum absolute atomic E-state index is 11.1. The first-order chi connectivity index (χ1) is 13.9. The number of rotatable bonds is 11. The Labute approximate surface area is 172 Å². The minimum Gasteiger partial charge on any atom is -0.489 e. The summed E-state index contributed by atoms with van der Waals surface area (Å²) >= 11 is 0. The molecular formula is C23H32N2O4. The maximum atomic E-state index is 11.1. The van der Waals surface area contributed by atoms with Crippen LogP contribution in [0.15, 0.2) is 54.6 Å². The van der Waals surface area contributed by atoms with E-state index in [1.165, 1.54) is 0 Å². The monoisotopic (exact) mass is 400 g/mol. The Bertz CT molecular complexity index is 752. The SMILES string of the molecule is CC(C)[C@H](Cc1cccc(OCc2ccccc2)c1)C[C@H](NC(=O)O)[C@H](O)CN. The molecule has 3 atom stereocenters. The normalized spacial score (nSPS) is 14.2. The van der Waals surface area contributed by atoms with Crippen LogP contribution < -0.4 is 15.8 Å². The average molecular weight is 401 g/mol. The molecule has 0 spiro atoms. The molecule has 0 bridgehead atoms. The van der Waals surface area contributed by atoms with Gasteiger partial charge in [-0.05, 0) is 47.9 Å². The fourth-order valence-electron chi connectivity index (χ4n) is 3.36. The van der Waals surface area contributed by atoms with E-state index in [0.717, 1.165) is 23.3 Å². The van der Waals surface area contributed by atoms with Crippen LogP contribution in [0.2, 0.25) is 0 Å². The van der Waals surface area contributed by atoms with Gasteiger partial charge >= 0.3 is 6.09 Å². The van der Waals surface area contributed by atoms with Crippen molar-refractivity contribution in [1.29, 1.82) is 0 Å². The molecule has 0 unspecified atom stereocenters. The molecule has 0 aliphatic heterocycles. The van der Waals surface area contributed by atoms with Crippen molar-refractivity contribution in [3.63, 3.8) is 0 Å². The molecule has 0 aliphatic rings. The summed E-state index contributed by atoms with van der Waals surface area (Å²) in [7, 11) is 0. The maximum Gasteiger partial charge on any atom is 0.404 e. The molecule has 2 aromatic carbocycles. The van der Waals surface area contributed by atoms with E-state index in [4.69, 9.17) is 15.6 Å². The van der Waals surface area contributed by atoms with Crippen LogP contribution in [0.1, 0.15) is 31.4 Å². The number of nitrogens with one attached hydrogen (secondary N) is 1. The number of aliphatic hydroxyl groups excluding tert-OH is 1. The highest BCUT2D eigenvalue weighted by Crippen LogP contribution is 2.25. The van der Waals surface area contributed by atoms with Crippen LogP contribution in [0.4, 0.5) is 4.79 Å². The zero-order chi connectivity index (χ0) is 21.2. The van der Waals surface area contributed by atoms with Gasteiger partial charge in [-0.3, -0.25) is 0 Å². The lowest BCUT2D eigenvalue weighted by atomic mass is 9.83. The summed E-state index contributed by atoms with van der Waals surface area (Å²) in [5, 5.41) is 21.6. The van der Waals surface area contributed by atoms with Crippen molar-refractivity contribution in [1.82, 2.24) is 5.32 Å². The van der Waals surface area contributed by atoms with Gasteiger partial charge in [0.15, 0.2) is 0 Å². The van der Waals surface area contributed by atoms with Crippen LogP contribution in [-0.4, -0.2) is 35.0 Å². The summed E-state index contributed by atoms with van der Waals surface area (Å²) in [5.74, 6) is 1.29. The summed E-state index contributed by atoms with van der Waals surface area (Å²) in [6.07, 6.45) is -0.790. The van der Waals surface area contributed by atoms with Gasteiger partial charge in [-0.2, -0.15) is 0 Å². The first kappa shape index (κ1) is 22.7. The van der Waals surface area contributed by atoms with Gasteiger partial charge in [0.1, 0.15) is 12.4 Å². The molecule has 0 saturated carbocycles. The summed E-state index contributed by atoms with van der Waals surface area (Å²) in [6.45, 7) is 4.73. The second kappa shape index (κ2) is 11.4. The topological polar surface area (TPSA) is 105 Å². The third kappa shape index (κ3) is 7.75. The van der Waals surface area contributed by atoms with E-state index in [1.54, 1.807) is 0 Å². The van der Waals surface area contributed by atoms with Crippen molar-refractivity contribution in [2.75, 3.05) is 6.54 Å². The number of aliphatic hydroxyl groups is 1. The molecule has 1 amide bonds. The summed E-state index contributed by atoms with van der Waals surface area (Å²) in [6, 6.07) is 17.4. The second-order valence-corrected chi connectivity index (χ2v) is 7.72. The smallest absolute Gasteiger partial charge is 0.404 e. The number of ether oxygens (including phenoxy) is 1. The highest BCUT2D eigenvalue weighted by Gasteiger charge is 2.26. The first-order valence-corrected chi connectivity index (χ1v) is 10.0.